The zero-order valence-corrected chi connectivity index (χ0v) is 16.1. The standard InChI is InChI=1S/C20H33NO2S/c1-17-14-15-18(2)20(16-17)24(22,23)21-19-12-10-8-6-4-3-5-7-9-11-13-19/h14-16,19,21H,3-13H2,1-2H3. The van der Waals surface area contributed by atoms with Crippen LogP contribution in [0.4, 0.5) is 0 Å². The minimum atomic E-state index is -3.43. The number of sulfonamides is 1. The van der Waals surface area contributed by atoms with E-state index in [-0.39, 0.29) is 6.04 Å². The molecule has 1 N–H and O–H groups in total. The molecule has 1 aromatic carbocycles. The van der Waals surface area contributed by atoms with Gasteiger partial charge in [-0.2, -0.15) is 0 Å². The van der Waals surface area contributed by atoms with Crippen LogP contribution in [-0.2, 0) is 10.0 Å². The molecule has 136 valence electrons. The number of hydrogen-bond acceptors (Lipinski definition) is 2. The first kappa shape index (κ1) is 19.5. The van der Waals surface area contributed by atoms with E-state index in [0.717, 1.165) is 36.8 Å². The van der Waals surface area contributed by atoms with Gasteiger partial charge >= 0.3 is 0 Å². The Bertz CT molecular complexity index is 598. The molecule has 0 aliphatic heterocycles. The summed E-state index contributed by atoms with van der Waals surface area (Å²) in [5.41, 5.74) is 1.81. The zero-order chi connectivity index (χ0) is 17.4. The number of benzene rings is 1. The van der Waals surface area contributed by atoms with Gasteiger partial charge < -0.3 is 0 Å². The third kappa shape index (κ3) is 6.21. The molecule has 24 heavy (non-hydrogen) atoms. The fourth-order valence-corrected chi connectivity index (χ4v) is 5.20. The maximum absolute atomic E-state index is 12.8. The molecule has 2 rings (SSSR count). The molecular weight excluding hydrogens is 318 g/mol. The van der Waals surface area contributed by atoms with Gasteiger partial charge in [-0.15, -0.1) is 0 Å². The van der Waals surface area contributed by atoms with Gasteiger partial charge in [0.05, 0.1) is 4.90 Å². The smallest absolute Gasteiger partial charge is 0.208 e. The van der Waals surface area contributed by atoms with Crippen LogP contribution in [0.2, 0.25) is 0 Å². The molecule has 4 heteroatoms. The predicted octanol–water partition coefficient (Wildman–Crippen LogP) is 5.26. The summed E-state index contributed by atoms with van der Waals surface area (Å²) in [5.74, 6) is 0. The number of aryl methyl sites for hydroxylation is 2. The lowest BCUT2D eigenvalue weighted by Gasteiger charge is -2.20. The van der Waals surface area contributed by atoms with Crippen LogP contribution in [0, 0.1) is 13.8 Å². The van der Waals surface area contributed by atoms with Gasteiger partial charge in [-0.3, -0.25) is 0 Å². The average molecular weight is 352 g/mol. The van der Waals surface area contributed by atoms with E-state index >= 15 is 0 Å². The largest absolute Gasteiger partial charge is 0.241 e. The molecule has 0 bridgehead atoms. The van der Waals surface area contributed by atoms with Gasteiger partial charge in [0.1, 0.15) is 0 Å². The molecule has 0 amide bonds. The van der Waals surface area contributed by atoms with E-state index < -0.39 is 10.0 Å². The Morgan fingerprint density at radius 1 is 0.833 bits per heavy atom. The van der Waals surface area contributed by atoms with Crippen LogP contribution in [0.15, 0.2) is 23.1 Å². The van der Waals surface area contributed by atoms with Crippen LogP contribution in [0.5, 0.6) is 0 Å². The molecule has 0 atom stereocenters. The monoisotopic (exact) mass is 351 g/mol. The lowest BCUT2D eigenvalue weighted by Crippen LogP contribution is -2.35. The van der Waals surface area contributed by atoms with Crippen LogP contribution >= 0.6 is 0 Å². The summed E-state index contributed by atoms with van der Waals surface area (Å²) in [6.07, 6.45) is 13.2. The van der Waals surface area contributed by atoms with E-state index in [1.807, 2.05) is 26.0 Å². The molecule has 0 spiro atoms. The van der Waals surface area contributed by atoms with Crippen molar-refractivity contribution in [2.24, 2.45) is 0 Å². The molecule has 1 saturated carbocycles. The first-order valence-electron chi connectivity index (χ1n) is 9.58. The van der Waals surface area contributed by atoms with Gasteiger partial charge in [0, 0.05) is 6.04 Å². The molecule has 1 aromatic rings. The number of rotatable bonds is 3. The highest BCUT2D eigenvalue weighted by molar-refractivity contribution is 7.89. The van der Waals surface area contributed by atoms with Crippen LogP contribution in [0.3, 0.4) is 0 Å². The summed E-state index contributed by atoms with van der Waals surface area (Å²) >= 11 is 0. The Hall–Kier alpha value is -0.870. The van der Waals surface area contributed by atoms with Crippen molar-refractivity contribution < 1.29 is 8.42 Å². The highest BCUT2D eigenvalue weighted by Crippen LogP contribution is 2.21. The number of hydrogen-bond donors (Lipinski definition) is 1. The zero-order valence-electron chi connectivity index (χ0n) is 15.3. The van der Waals surface area contributed by atoms with E-state index in [0.29, 0.717) is 4.90 Å². The average Bonchev–Trinajstić information content (AvgIpc) is 2.52. The molecule has 3 nitrogen and oxygen atoms in total. The number of nitrogens with one attached hydrogen (secondary N) is 1. The molecule has 0 unspecified atom stereocenters. The van der Waals surface area contributed by atoms with Crippen LogP contribution in [-0.4, -0.2) is 14.5 Å². The van der Waals surface area contributed by atoms with Crippen molar-refractivity contribution in [3.63, 3.8) is 0 Å². The molecule has 1 aliphatic rings. The van der Waals surface area contributed by atoms with Crippen molar-refractivity contribution in [3.8, 4) is 0 Å². The first-order valence-corrected chi connectivity index (χ1v) is 11.1. The highest BCUT2D eigenvalue weighted by atomic mass is 32.2. The van der Waals surface area contributed by atoms with Crippen LogP contribution in [0.25, 0.3) is 0 Å². The Kier molecular flexibility index (Phi) is 7.76. The van der Waals surface area contributed by atoms with Crippen molar-refractivity contribution in [1.29, 1.82) is 0 Å². The van der Waals surface area contributed by atoms with E-state index in [1.165, 1.54) is 44.9 Å². The summed E-state index contributed by atoms with van der Waals surface area (Å²) in [4.78, 5) is 0.439. The fraction of sp³-hybridized carbons (Fsp3) is 0.700. The summed E-state index contributed by atoms with van der Waals surface area (Å²) in [6, 6.07) is 5.72. The quantitative estimate of drug-likeness (QED) is 0.808. The predicted molar refractivity (Wildman–Crippen MR) is 101 cm³/mol. The third-order valence-electron chi connectivity index (χ3n) is 5.06. The summed E-state index contributed by atoms with van der Waals surface area (Å²) in [6.45, 7) is 3.81. The maximum atomic E-state index is 12.8. The van der Waals surface area contributed by atoms with E-state index in [1.54, 1.807) is 6.07 Å². The molecule has 0 saturated heterocycles. The Labute approximate surface area is 148 Å². The Morgan fingerprint density at radius 2 is 1.33 bits per heavy atom. The van der Waals surface area contributed by atoms with Crippen molar-refractivity contribution in [2.45, 2.75) is 95.4 Å². The van der Waals surface area contributed by atoms with Crippen molar-refractivity contribution >= 4 is 10.0 Å². The fourth-order valence-electron chi connectivity index (χ4n) is 3.56. The van der Waals surface area contributed by atoms with Crippen molar-refractivity contribution in [1.82, 2.24) is 4.72 Å². The normalized spacial score (nSPS) is 19.4. The molecule has 0 heterocycles. The van der Waals surface area contributed by atoms with Gasteiger partial charge in [-0.05, 0) is 43.9 Å². The Balaban J connectivity index is 2.05. The highest BCUT2D eigenvalue weighted by Gasteiger charge is 2.21. The van der Waals surface area contributed by atoms with E-state index in [2.05, 4.69) is 4.72 Å². The first-order chi connectivity index (χ1) is 11.5. The van der Waals surface area contributed by atoms with Crippen molar-refractivity contribution in [2.75, 3.05) is 0 Å². The maximum Gasteiger partial charge on any atom is 0.241 e. The molecule has 0 aromatic heterocycles. The lowest BCUT2D eigenvalue weighted by atomic mass is 9.98. The molecule has 0 radical (unpaired) electrons. The van der Waals surface area contributed by atoms with Gasteiger partial charge in [0.25, 0.3) is 0 Å². The lowest BCUT2D eigenvalue weighted by molar-refractivity contribution is 0.440. The molecule has 1 fully saturated rings. The van der Waals surface area contributed by atoms with Gasteiger partial charge in [-0.25, -0.2) is 13.1 Å². The second kappa shape index (κ2) is 9.57. The molecular formula is C20H33NO2S. The minimum Gasteiger partial charge on any atom is -0.208 e. The third-order valence-corrected chi connectivity index (χ3v) is 6.72. The molecule has 1 aliphatic carbocycles. The summed E-state index contributed by atoms with van der Waals surface area (Å²) in [7, 11) is -3.43. The van der Waals surface area contributed by atoms with Gasteiger partial charge in [-0.1, -0.05) is 69.9 Å². The van der Waals surface area contributed by atoms with E-state index in [4.69, 9.17) is 0 Å². The Morgan fingerprint density at radius 3 is 1.88 bits per heavy atom. The topological polar surface area (TPSA) is 46.2 Å². The summed E-state index contributed by atoms with van der Waals surface area (Å²) < 4.78 is 28.7. The van der Waals surface area contributed by atoms with Crippen LogP contribution in [0.1, 0.15) is 81.8 Å². The van der Waals surface area contributed by atoms with Gasteiger partial charge in [0.2, 0.25) is 10.0 Å². The minimum absolute atomic E-state index is 0.0781. The second-order valence-electron chi connectivity index (χ2n) is 7.35. The van der Waals surface area contributed by atoms with Crippen molar-refractivity contribution in [3.05, 3.63) is 29.3 Å². The SMILES string of the molecule is Cc1ccc(C)c(S(=O)(=O)NC2CCCCCCCCCCC2)c1. The second-order valence-corrected chi connectivity index (χ2v) is 9.03. The van der Waals surface area contributed by atoms with Crippen LogP contribution < -0.4 is 4.72 Å². The van der Waals surface area contributed by atoms with E-state index in [9.17, 15) is 8.42 Å². The summed E-state index contributed by atoms with van der Waals surface area (Å²) in [5, 5.41) is 0. The van der Waals surface area contributed by atoms with Gasteiger partial charge in [0.15, 0.2) is 0 Å².